The van der Waals surface area contributed by atoms with Gasteiger partial charge in [0.05, 0.1) is 0 Å². The zero-order chi connectivity index (χ0) is 18.3. The molecular weight excluding hydrogens is 306 g/mol. The van der Waals surface area contributed by atoms with Gasteiger partial charge < -0.3 is 20.7 Å². The average Bonchev–Trinajstić information content (AvgIpc) is 2.53. The highest BCUT2D eigenvalue weighted by Gasteiger charge is 2.21. The van der Waals surface area contributed by atoms with Gasteiger partial charge in [0.25, 0.3) is 5.91 Å². The van der Waals surface area contributed by atoms with Gasteiger partial charge in [0.1, 0.15) is 12.1 Å². The third-order valence-electron chi connectivity index (χ3n) is 3.97. The van der Waals surface area contributed by atoms with E-state index < -0.39 is 6.10 Å². The molecule has 1 aromatic rings. The molecule has 6 heteroatoms. The minimum atomic E-state index is -0.525. The highest BCUT2D eigenvalue weighted by molar-refractivity contribution is 5.94. The van der Waals surface area contributed by atoms with Gasteiger partial charge in [-0.05, 0) is 52.3 Å². The smallest absolute Gasteiger partial charge is 0.253 e. The Kier molecular flexibility index (Phi) is 7.22. The van der Waals surface area contributed by atoms with E-state index in [2.05, 4.69) is 16.0 Å². The van der Waals surface area contributed by atoms with E-state index in [1.807, 2.05) is 32.9 Å². The monoisotopic (exact) mass is 335 g/mol. The first-order valence-electron chi connectivity index (χ1n) is 8.20. The summed E-state index contributed by atoms with van der Waals surface area (Å²) < 4.78 is 4.99. The molecule has 0 aliphatic carbocycles. The van der Waals surface area contributed by atoms with Crippen LogP contribution in [0.2, 0.25) is 0 Å². The van der Waals surface area contributed by atoms with Gasteiger partial charge in [-0.15, -0.1) is 0 Å². The van der Waals surface area contributed by atoms with Gasteiger partial charge in [-0.1, -0.05) is 13.0 Å². The van der Waals surface area contributed by atoms with Crippen LogP contribution in [-0.4, -0.2) is 36.6 Å². The molecule has 0 heterocycles. The Hall–Kier alpha value is -2.08. The Labute approximate surface area is 144 Å². The number of hydrogen-bond acceptors (Lipinski definition) is 4. The summed E-state index contributed by atoms with van der Waals surface area (Å²) in [4.78, 5) is 24.1. The van der Waals surface area contributed by atoms with E-state index in [0.29, 0.717) is 5.69 Å². The lowest BCUT2D eigenvalue weighted by atomic mass is 10.0. The predicted molar refractivity (Wildman–Crippen MR) is 97.1 cm³/mol. The molecule has 0 spiro atoms. The first-order valence-corrected chi connectivity index (χ1v) is 8.20. The topological polar surface area (TPSA) is 79.5 Å². The van der Waals surface area contributed by atoms with Gasteiger partial charge in [0, 0.05) is 24.0 Å². The second kappa shape index (κ2) is 8.68. The Balaban J connectivity index is 2.70. The number of methoxy groups -OCH3 is 1. The van der Waals surface area contributed by atoms with Crippen molar-refractivity contribution in [2.75, 3.05) is 17.7 Å². The Morgan fingerprint density at radius 2 is 1.79 bits per heavy atom. The van der Waals surface area contributed by atoms with E-state index >= 15 is 0 Å². The van der Waals surface area contributed by atoms with Crippen LogP contribution < -0.4 is 16.0 Å². The first kappa shape index (κ1) is 20.0. The lowest BCUT2D eigenvalue weighted by Gasteiger charge is -2.27. The molecule has 0 saturated heterocycles. The molecule has 2 atom stereocenters. The number of carbonyl (C=O) groups is 2. The van der Waals surface area contributed by atoms with E-state index in [0.717, 1.165) is 12.1 Å². The summed E-state index contributed by atoms with van der Waals surface area (Å²) >= 11 is 0. The van der Waals surface area contributed by atoms with Crippen molar-refractivity contribution in [3.8, 4) is 0 Å². The summed E-state index contributed by atoms with van der Waals surface area (Å²) in [5, 5.41) is 8.94. The number of rotatable bonds is 8. The highest BCUT2D eigenvalue weighted by Crippen LogP contribution is 2.17. The number of carbonyl (C=O) groups excluding carboxylic acids is 2. The fraction of sp³-hybridized carbons (Fsp3) is 0.556. The molecule has 6 nitrogen and oxygen atoms in total. The molecule has 0 aliphatic heterocycles. The number of amides is 2. The van der Waals surface area contributed by atoms with Crippen molar-refractivity contribution in [3.63, 3.8) is 0 Å². The van der Waals surface area contributed by atoms with Crippen molar-refractivity contribution in [2.45, 2.75) is 58.7 Å². The maximum atomic E-state index is 12.3. The zero-order valence-corrected chi connectivity index (χ0v) is 15.4. The third-order valence-corrected chi connectivity index (χ3v) is 3.97. The molecule has 0 saturated carbocycles. The number of benzene rings is 1. The predicted octanol–water partition coefficient (Wildman–Crippen LogP) is 2.77. The van der Waals surface area contributed by atoms with Crippen molar-refractivity contribution in [3.05, 3.63) is 24.3 Å². The molecule has 0 aromatic heterocycles. The van der Waals surface area contributed by atoms with Crippen LogP contribution in [0, 0.1) is 0 Å². The van der Waals surface area contributed by atoms with Gasteiger partial charge in [0.2, 0.25) is 5.91 Å². The molecular formula is C18H29N3O3. The van der Waals surface area contributed by atoms with Crippen LogP contribution in [0.1, 0.15) is 41.0 Å². The second-order valence-electron chi connectivity index (χ2n) is 6.54. The van der Waals surface area contributed by atoms with E-state index in [4.69, 9.17) is 4.74 Å². The molecule has 1 aromatic carbocycles. The quantitative estimate of drug-likeness (QED) is 0.682. The van der Waals surface area contributed by atoms with E-state index in [9.17, 15) is 9.59 Å². The van der Waals surface area contributed by atoms with E-state index in [1.165, 1.54) is 7.11 Å². The molecule has 0 bridgehead atoms. The maximum absolute atomic E-state index is 12.3. The van der Waals surface area contributed by atoms with Gasteiger partial charge in [-0.2, -0.15) is 0 Å². The molecule has 24 heavy (non-hydrogen) atoms. The molecule has 0 fully saturated rings. The minimum absolute atomic E-state index is 0.0655. The van der Waals surface area contributed by atoms with Crippen LogP contribution in [0.3, 0.4) is 0 Å². The Bertz CT molecular complexity index is 572. The maximum Gasteiger partial charge on any atom is 0.253 e. The fourth-order valence-corrected chi connectivity index (χ4v) is 1.88. The van der Waals surface area contributed by atoms with Crippen LogP contribution in [-0.2, 0) is 14.3 Å². The van der Waals surface area contributed by atoms with Crippen LogP contribution in [0.25, 0.3) is 0 Å². The van der Waals surface area contributed by atoms with Crippen LogP contribution in [0.5, 0.6) is 0 Å². The van der Waals surface area contributed by atoms with Gasteiger partial charge >= 0.3 is 0 Å². The van der Waals surface area contributed by atoms with Crippen molar-refractivity contribution >= 4 is 23.2 Å². The third kappa shape index (κ3) is 6.20. The highest BCUT2D eigenvalue weighted by atomic mass is 16.5. The molecule has 1 rings (SSSR count). The molecule has 134 valence electrons. The van der Waals surface area contributed by atoms with Crippen LogP contribution in [0.4, 0.5) is 11.4 Å². The summed E-state index contributed by atoms with van der Waals surface area (Å²) in [5.41, 5.74) is 1.17. The van der Waals surface area contributed by atoms with Gasteiger partial charge in [-0.25, -0.2) is 0 Å². The molecule has 0 aliphatic rings. The molecule has 2 unspecified atom stereocenters. The molecule has 3 N–H and O–H groups in total. The Morgan fingerprint density at radius 1 is 1.17 bits per heavy atom. The molecule has 0 radical (unpaired) electrons. The summed E-state index contributed by atoms with van der Waals surface area (Å²) in [7, 11) is 1.49. The zero-order valence-electron chi connectivity index (χ0n) is 15.4. The van der Waals surface area contributed by atoms with Crippen molar-refractivity contribution in [1.82, 2.24) is 5.32 Å². The lowest BCUT2D eigenvalue weighted by Crippen LogP contribution is -2.48. The second-order valence-corrected chi connectivity index (χ2v) is 6.54. The average molecular weight is 335 g/mol. The van der Waals surface area contributed by atoms with Crippen LogP contribution in [0.15, 0.2) is 24.3 Å². The number of anilines is 2. The number of ether oxygens (including phenoxy) is 1. The van der Waals surface area contributed by atoms with E-state index in [-0.39, 0.29) is 23.4 Å². The summed E-state index contributed by atoms with van der Waals surface area (Å²) in [6.07, 6.45) is 0.326. The van der Waals surface area contributed by atoms with Crippen molar-refractivity contribution < 1.29 is 14.3 Å². The number of nitrogens with one attached hydrogen (secondary N) is 3. The van der Waals surface area contributed by atoms with Gasteiger partial charge in [0.15, 0.2) is 0 Å². The Morgan fingerprint density at radius 3 is 2.38 bits per heavy atom. The standard InChI is InChI=1S/C18H29N3O3/c1-7-18(4,5)21-16(22)12(2)19-14-9-8-10-15(11-14)20-17(23)13(3)24-6/h8-13,19H,7H2,1-6H3,(H,20,23)(H,21,22). The largest absolute Gasteiger partial charge is 0.374 e. The van der Waals surface area contributed by atoms with Crippen LogP contribution >= 0.6 is 0 Å². The minimum Gasteiger partial charge on any atom is -0.374 e. The van der Waals surface area contributed by atoms with Gasteiger partial charge in [-0.3, -0.25) is 9.59 Å². The fourth-order valence-electron chi connectivity index (χ4n) is 1.88. The normalized spacial score (nSPS) is 13.8. The molecule has 2 amide bonds. The van der Waals surface area contributed by atoms with Crippen molar-refractivity contribution in [1.29, 1.82) is 0 Å². The lowest BCUT2D eigenvalue weighted by molar-refractivity contribution is -0.125. The van der Waals surface area contributed by atoms with Crippen molar-refractivity contribution in [2.24, 2.45) is 0 Å². The first-order chi connectivity index (χ1) is 11.2. The summed E-state index contributed by atoms with van der Waals surface area (Å²) in [6, 6.07) is 6.85. The number of hydrogen-bond donors (Lipinski definition) is 3. The SMILES string of the molecule is CCC(C)(C)NC(=O)C(C)Nc1cccc(NC(=O)C(C)OC)c1. The summed E-state index contributed by atoms with van der Waals surface area (Å²) in [5.74, 6) is -0.283. The summed E-state index contributed by atoms with van der Waals surface area (Å²) in [6.45, 7) is 9.50. The van der Waals surface area contributed by atoms with E-state index in [1.54, 1.807) is 26.0 Å².